The second-order valence-electron chi connectivity index (χ2n) is 5.88. The molecule has 0 atom stereocenters. The highest BCUT2D eigenvalue weighted by Gasteiger charge is 2.24. The Balaban J connectivity index is 1.62. The predicted molar refractivity (Wildman–Crippen MR) is 100 cm³/mol. The van der Waals surface area contributed by atoms with E-state index in [1.54, 1.807) is 0 Å². The van der Waals surface area contributed by atoms with Crippen molar-refractivity contribution in [1.29, 1.82) is 0 Å². The third kappa shape index (κ3) is 2.38. The Morgan fingerprint density at radius 2 is 1.23 bits per heavy atom. The molecule has 0 saturated carbocycles. The van der Waals surface area contributed by atoms with Crippen molar-refractivity contribution in [2.24, 2.45) is 0 Å². The predicted octanol–water partition coefficient (Wildman–Crippen LogP) is 5.11. The highest BCUT2D eigenvalue weighted by molar-refractivity contribution is 5.86. The maximum absolute atomic E-state index is 6.05. The van der Waals surface area contributed by atoms with Gasteiger partial charge in [0.1, 0.15) is 12.7 Å². The molecular weight excluding hydrogens is 324 g/mol. The van der Waals surface area contributed by atoms with E-state index in [4.69, 9.17) is 4.74 Å². The Morgan fingerprint density at radius 1 is 0.654 bits per heavy atom. The van der Waals surface area contributed by atoms with E-state index >= 15 is 0 Å². The molecule has 26 heavy (non-hydrogen) atoms. The van der Waals surface area contributed by atoms with Crippen LogP contribution in [0.25, 0.3) is 11.4 Å². The number of para-hydroxylation sites is 4. The second kappa shape index (κ2) is 5.97. The number of hydrogen-bond acceptors (Lipinski definition) is 5. The van der Waals surface area contributed by atoms with Crippen LogP contribution in [-0.4, -0.2) is 15.0 Å². The van der Waals surface area contributed by atoms with E-state index in [0.29, 0.717) is 5.82 Å². The minimum atomic E-state index is 0.661. The highest BCUT2D eigenvalue weighted by atomic mass is 16.5. The lowest BCUT2D eigenvalue weighted by Gasteiger charge is -2.32. The Labute approximate surface area is 150 Å². The zero-order valence-electron chi connectivity index (χ0n) is 13.8. The van der Waals surface area contributed by atoms with Crippen LogP contribution in [0.3, 0.4) is 0 Å². The Hall–Kier alpha value is -3.73. The van der Waals surface area contributed by atoms with E-state index in [0.717, 1.165) is 34.1 Å². The number of aromatic nitrogens is 3. The molecule has 1 aliphatic rings. The zero-order valence-corrected chi connectivity index (χ0v) is 13.8. The molecule has 1 aliphatic heterocycles. The summed E-state index contributed by atoms with van der Waals surface area (Å²) in [6.07, 6.45) is 3.01. The van der Waals surface area contributed by atoms with Gasteiger partial charge in [-0.1, -0.05) is 24.3 Å². The molecule has 5 nitrogen and oxygen atoms in total. The van der Waals surface area contributed by atoms with Gasteiger partial charge in [-0.25, -0.2) is 15.0 Å². The first-order valence-electron chi connectivity index (χ1n) is 8.29. The normalized spacial score (nSPS) is 12.1. The van der Waals surface area contributed by atoms with Crippen molar-refractivity contribution in [3.63, 3.8) is 0 Å². The SMILES string of the molecule is c1ccc2c(c1)Oc1ccccc1N2c1ccc(-c2ncncn2)cc1. The maximum Gasteiger partial charge on any atom is 0.162 e. The van der Waals surface area contributed by atoms with Gasteiger partial charge in [-0.05, 0) is 48.5 Å². The van der Waals surface area contributed by atoms with Crippen LogP contribution < -0.4 is 9.64 Å². The van der Waals surface area contributed by atoms with Crippen LogP contribution in [0.4, 0.5) is 17.1 Å². The molecule has 5 rings (SSSR count). The molecule has 0 bridgehead atoms. The third-order valence-corrected chi connectivity index (χ3v) is 4.31. The van der Waals surface area contributed by atoms with Crippen molar-refractivity contribution in [3.05, 3.63) is 85.5 Å². The molecule has 0 saturated heterocycles. The summed E-state index contributed by atoms with van der Waals surface area (Å²) in [6, 6.07) is 24.3. The van der Waals surface area contributed by atoms with E-state index in [1.807, 2.05) is 48.5 Å². The monoisotopic (exact) mass is 338 g/mol. The van der Waals surface area contributed by atoms with Crippen molar-refractivity contribution >= 4 is 17.1 Å². The molecule has 0 spiro atoms. The van der Waals surface area contributed by atoms with Gasteiger partial charge in [0, 0.05) is 11.3 Å². The maximum atomic E-state index is 6.05. The number of benzene rings is 3. The first-order chi connectivity index (χ1) is 12.9. The third-order valence-electron chi connectivity index (χ3n) is 4.31. The van der Waals surface area contributed by atoms with Crippen LogP contribution in [0.5, 0.6) is 11.5 Å². The van der Waals surface area contributed by atoms with Gasteiger partial charge in [0.25, 0.3) is 0 Å². The summed E-state index contributed by atoms with van der Waals surface area (Å²) in [5, 5.41) is 0. The van der Waals surface area contributed by atoms with Gasteiger partial charge in [-0.15, -0.1) is 0 Å². The summed E-state index contributed by atoms with van der Waals surface area (Å²) in [5.74, 6) is 2.34. The van der Waals surface area contributed by atoms with E-state index in [2.05, 4.69) is 44.1 Å². The zero-order chi connectivity index (χ0) is 17.3. The molecule has 2 heterocycles. The average molecular weight is 338 g/mol. The highest BCUT2D eigenvalue weighted by Crippen LogP contribution is 2.49. The summed E-state index contributed by atoms with van der Waals surface area (Å²) in [7, 11) is 0. The number of hydrogen-bond donors (Lipinski definition) is 0. The van der Waals surface area contributed by atoms with Crippen LogP contribution >= 0.6 is 0 Å². The van der Waals surface area contributed by atoms with Gasteiger partial charge in [-0.3, -0.25) is 0 Å². The molecule has 0 unspecified atom stereocenters. The fourth-order valence-electron chi connectivity index (χ4n) is 3.13. The van der Waals surface area contributed by atoms with Crippen LogP contribution in [0, 0.1) is 0 Å². The van der Waals surface area contributed by atoms with Gasteiger partial charge in [0.05, 0.1) is 11.4 Å². The average Bonchev–Trinajstić information content (AvgIpc) is 2.73. The van der Waals surface area contributed by atoms with Gasteiger partial charge >= 0.3 is 0 Å². The Kier molecular flexibility index (Phi) is 3.35. The lowest BCUT2D eigenvalue weighted by atomic mass is 10.1. The molecule has 3 aromatic carbocycles. The lowest BCUT2D eigenvalue weighted by Crippen LogP contribution is -2.15. The summed E-state index contributed by atoms with van der Waals surface area (Å²) >= 11 is 0. The summed E-state index contributed by atoms with van der Waals surface area (Å²) in [6.45, 7) is 0. The fourth-order valence-corrected chi connectivity index (χ4v) is 3.13. The first kappa shape index (κ1) is 14.6. The number of nitrogens with zero attached hydrogens (tertiary/aromatic N) is 4. The van der Waals surface area contributed by atoms with Gasteiger partial charge in [-0.2, -0.15) is 0 Å². The molecule has 0 amide bonds. The van der Waals surface area contributed by atoms with E-state index in [9.17, 15) is 0 Å². The Morgan fingerprint density at radius 3 is 1.85 bits per heavy atom. The van der Waals surface area contributed by atoms with Gasteiger partial charge in [0.15, 0.2) is 17.3 Å². The molecule has 124 valence electrons. The summed E-state index contributed by atoms with van der Waals surface area (Å²) in [5.41, 5.74) is 4.02. The largest absolute Gasteiger partial charge is 0.453 e. The van der Waals surface area contributed by atoms with Crippen molar-refractivity contribution < 1.29 is 4.74 Å². The second-order valence-corrected chi connectivity index (χ2v) is 5.88. The van der Waals surface area contributed by atoms with Crippen LogP contribution in [0.15, 0.2) is 85.5 Å². The van der Waals surface area contributed by atoms with Crippen molar-refractivity contribution in [1.82, 2.24) is 15.0 Å². The molecule has 0 fully saturated rings. The number of rotatable bonds is 2. The standard InChI is InChI=1S/C21H14N4O/c1-3-7-19-17(5-1)25(18-6-2-4-8-20(18)26-19)16-11-9-15(10-12-16)21-23-13-22-14-24-21/h1-14H. The van der Waals surface area contributed by atoms with E-state index < -0.39 is 0 Å². The molecule has 1 aromatic heterocycles. The molecular formula is C21H14N4O. The summed E-state index contributed by atoms with van der Waals surface area (Å²) in [4.78, 5) is 14.5. The molecule has 0 aliphatic carbocycles. The lowest BCUT2D eigenvalue weighted by molar-refractivity contribution is 0.477. The van der Waals surface area contributed by atoms with E-state index in [-0.39, 0.29) is 0 Å². The number of anilines is 3. The van der Waals surface area contributed by atoms with Crippen molar-refractivity contribution in [2.75, 3.05) is 4.90 Å². The Bertz CT molecular complexity index is 1020. The summed E-state index contributed by atoms with van der Waals surface area (Å²) < 4.78 is 6.05. The van der Waals surface area contributed by atoms with Crippen LogP contribution in [0.2, 0.25) is 0 Å². The van der Waals surface area contributed by atoms with Crippen molar-refractivity contribution in [3.8, 4) is 22.9 Å². The number of fused-ring (bicyclic) bond motifs is 2. The number of ether oxygens (including phenoxy) is 1. The topological polar surface area (TPSA) is 51.1 Å². The molecule has 0 radical (unpaired) electrons. The van der Waals surface area contributed by atoms with Crippen LogP contribution in [0.1, 0.15) is 0 Å². The smallest absolute Gasteiger partial charge is 0.162 e. The fraction of sp³-hybridized carbons (Fsp3) is 0. The molecule has 0 N–H and O–H groups in total. The van der Waals surface area contributed by atoms with Crippen molar-refractivity contribution in [2.45, 2.75) is 0 Å². The van der Waals surface area contributed by atoms with Crippen LogP contribution in [-0.2, 0) is 0 Å². The molecule has 5 heteroatoms. The quantitative estimate of drug-likeness (QED) is 0.447. The molecule has 4 aromatic rings. The minimum absolute atomic E-state index is 0.661. The minimum Gasteiger partial charge on any atom is -0.453 e. The van der Waals surface area contributed by atoms with E-state index in [1.165, 1.54) is 12.7 Å². The first-order valence-corrected chi connectivity index (χ1v) is 8.29. The van der Waals surface area contributed by atoms with Gasteiger partial charge in [0.2, 0.25) is 0 Å². The van der Waals surface area contributed by atoms with Gasteiger partial charge < -0.3 is 9.64 Å².